The molecule has 0 radical (unpaired) electrons. The molecule has 1 aliphatic heterocycles. The highest BCUT2D eigenvalue weighted by Gasteiger charge is 2.46. The number of esters is 2. The zero-order valence-corrected chi connectivity index (χ0v) is 18.2. The van der Waals surface area contributed by atoms with Gasteiger partial charge in [-0.15, -0.1) is 11.8 Å². The van der Waals surface area contributed by atoms with Crippen LogP contribution in [0.1, 0.15) is 26.5 Å². The molecule has 0 aliphatic carbocycles. The number of thioether (sulfide) groups is 1. The van der Waals surface area contributed by atoms with Gasteiger partial charge in [-0.1, -0.05) is 18.5 Å². The minimum absolute atomic E-state index is 0.0283. The molecule has 0 saturated carbocycles. The smallest absolute Gasteiger partial charge is 0.303 e. The Morgan fingerprint density at radius 3 is 2.59 bits per heavy atom. The molecule has 1 aliphatic rings. The van der Waals surface area contributed by atoms with Gasteiger partial charge in [-0.05, 0) is 6.07 Å². The van der Waals surface area contributed by atoms with Crippen molar-refractivity contribution in [1.82, 2.24) is 4.98 Å². The zero-order chi connectivity index (χ0) is 21.6. The third-order valence-corrected chi connectivity index (χ3v) is 5.82. The number of hydrogen-bond donors (Lipinski definition) is 0. The van der Waals surface area contributed by atoms with Crippen molar-refractivity contribution in [2.24, 2.45) is 5.92 Å². The molecular weight excluding hydrogens is 420 g/mol. The summed E-state index contributed by atoms with van der Waals surface area (Å²) in [6, 6.07) is 3.59. The molecule has 2 rings (SSSR count). The maximum atomic E-state index is 11.5. The molecule has 0 amide bonds. The molecule has 1 aromatic rings. The van der Waals surface area contributed by atoms with Crippen LogP contribution in [0.25, 0.3) is 0 Å². The molecular formula is C19H23ClN2O6S. The van der Waals surface area contributed by atoms with Crippen molar-refractivity contribution in [3.05, 3.63) is 23.0 Å². The first kappa shape index (κ1) is 23.4. The predicted octanol–water partition coefficient (Wildman–Crippen LogP) is 2.61. The van der Waals surface area contributed by atoms with Crippen LogP contribution in [0.3, 0.4) is 0 Å². The lowest BCUT2D eigenvalue weighted by atomic mass is 9.87. The Balaban J connectivity index is 2.14. The molecule has 10 heteroatoms. The number of rotatable bonds is 7. The predicted molar refractivity (Wildman–Crippen MR) is 105 cm³/mol. The van der Waals surface area contributed by atoms with E-state index in [0.29, 0.717) is 5.75 Å². The molecule has 5 atom stereocenters. The van der Waals surface area contributed by atoms with E-state index >= 15 is 0 Å². The van der Waals surface area contributed by atoms with Gasteiger partial charge in [0.05, 0.1) is 17.2 Å². The van der Waals surface area contributed by atoms with Crippen molar-refractivity contribution < 1.29 is 28.5 Å². The zero-order valence-electron chi connectivity index (χ0n) is 16.6. The van der Waals surface area contributed by atoms with E-state index in [-0.39, 0.29) is 35.4 Å². The van der Waals surface area contributed by atoms with Gasteiger partial charge in [-0.25, -0.2) is 4.98 Å². The van der Waals surface area contributed by atoms with E-state index in [2.05, 4.69) is 4.98 Å². The summed E-state index contributed by atoms with van der Waals surface area (Å²) in [6.45, 7) is 4.50. The number of hydrogen-bond acceptors (Lipinski definition) is 9. The monoisotopic (exact) mass is 442 g/mol. The maximum absolute atomic E-state index is 11.5. The Morgan fingerprint density at radius 1 is 1.31 bits per heavy atom. The van der Waals surface area contributed by atoms with E-state index < -0.39 is 24.1 Å². The van der Waals surface area contributed by atoms with Crippen molar-refractivity contribution in [2.75, 3.05) is 19.5 Å². The molecule has 0 aromatic carbocycles. The van der Waals surface area contributed by atoms with Crippen molar-refractivity contribution >= 4 is 35.3 Å². The van der Waals surface area contributed by atoms with Crippen LogP contribution in [0.2, 0.25) is 5.02 Å². The molecule has 1 fully saturated rings. The summed E-state index contributed by atoms with van der Waals surface area (Å²) in [7, 11) is 1.57. The highest BCUT2D eigenvalue weighted by atomic mass is 35.5. The van der Waals surface area contributed by atoms with Crippen molar-refractivity contribution in [1.29, 1.82) is 5.26 Å². The first-order valence-electron chi connectivity index (χ1n) is 8.94. The van der Waals surface area contributed by atoms with E-state index in [1.807, 2.05) is 13.0 Å². The topological polar surface area (TPSA) is 108 Å². The van der Waals surface area contributed by atoms with Crippen LogP contribution in [0.4, 0.5) is 0 Å². The third-order valence-electron chi connectivity index (χ3n) is 4.48. The summed E-state index contributed by atoms with van der Waals surface area (Å²) >= 11 is 7.49. The Hall–Kier alpha value is -1.86. The van der Waals surface area contributed by atoms with Gasteiger partial charge in [0, 0.05) is 43.7 Å². The third kappa shape index (κ3) is 6.31. The van der Waals surface area contributed by atoms with Gasteiger partial charge in [0.15, 0.2) is 5.69 Å². The normalized spacial score (nSPS) is 26.4. The minimum Gasteiger partial charge on any atom is -0.463 e. The fourth-order valence-electron chi connectivity index (χ4n) is 3.21. The Morgan fingerprint density at radius 2 is 2.03 bits per heavy atom. The highest BCUT2D eigenvalue weighted by molar-refractivity contribution is 7.99. The number of pyridine rings is 1. The molecule has 158 valence electrons. The summed E-state index contributed by atoms with van der Waals surface area (Å²) in [5, 5.41) is 9.21. The SMILES string of the molecule is COC1C(C)[C@@H](OC(C)=O)C(COC(C)=O)O[C@H]1CSc1cnc(C#N)c(Cl)c1. The molecule has 0 bridgehead atoms. The van der Waals surface area contributed by atoms with Crippen LogP contribution in [0.15, 0.2) is 17.2 Å². The fraction of sp³-hybridized carbons (Fsp3) is 0.579. The molecule has 29 heavy (non-hydrogen) atoms. The van der Waals surface area contributed by atoms with Crippen LogP contribution >= 0.6 is 23.4 Å². The van der Waals surface area contributed by atoms with Crippen LogP contribution in [0.5, 0.6) is 0 Å². The first-order valence-corrected chi connectivity index (χ1v) is 10.3. The number of ether oxygens (including phenoxy) is 4. The lowest BCUT2D eigenvalue weighted by molar-refractivity contribution is -0.221. The van der Waals surface area contributed by atoms with Gasteiger partial charge < -0.3 is 18.9 Å². The summed E-state index contributed by atoms with van der Waals surface area (Å²) in [5.41, 5.74) is 0.166. The number of methoxy groups -OCH3 is 1. The van der Waals surface area contributed by atoms with Gasteiger partial charge in [-0.3, -0.25) is 9.59 Å². The largest absolute Gasteiger partial charge is 0.463 e. The van der Waals surface area contributed by atoms with Crippen LogP contribution in [-0.2, 0) is 28.5 Å². The number of halogens is 1. The average molecular weight is 443 g/mol. The van der Waals surface area contributed by atoms with Gasteiger partial charge in [0.1, 0.15) is 24.9 Å². The molecule has 8 nitrogen and oxygen atoms in total. The molecule has 1 saturated heterocycles. The molecule has 0 spiro atoms. The second-order valence-electron chi connectivity index (χ2n) is 6.57. The minimum atomic E-state index is -0.613. The van der Waals surface area contributed by atoms with Crippen LogP contribution < -0.4 is 0 Å². The lowest BCUT2D eigenvalue weighted by Crippen LogP contribution is -2.57. The number of carbonyl (C=O) groups is 2. The maximum Gasteiger partial charge on any atom is 0.303 e. The van der Waals surface area contributed by atoms with Crippen LogP contribution in [-0.4, -0.2) is 60.8 Å². The van der Waals surface area contributed by atoms with Crippen molar-refractivity contribution in [3.63, 3.8) is 0 Å². The molecule has 1 aromatic heterocycles. The number of carbonyl (C=O) groups excluding carboxylic acids is 2. The van der Waals surface area contributed by atoms with Crippen molar-refractivity contribution in [3.8, 4) is 6.07 Å². The summed E-state index contributed by atoms with van der Waals surface area (Å²) in [5.74, 6) is -0.581. The molecule has 2 heterocycles. The van der Waals surface area contributed by atoms with Gasteiger partial charge in [0.25, 0.3) is 0 Å². The Kier molecular flexibility index (Phi) is 8.71. The van der Waals surface area contributed by atoms with Crippen molar-refractivity contribution in [2.45, 2.75) is 50.1 Å². The van der Waals surface area contributed by atoms with E-state index in [0.717, 1.165) is 4.90 Å². The Labute approximate surface area is 178 Å². The second-order valence-corrected chi connectivity index (χ2v) is 8.07. The van der Waals surface area contributed by atoms with Gasteiger partial charge in [0.2, 0.25) is 0 Å². The van der Waals surface area contributed by atoms with Crippen LogP contribution in [0, 0.1) is 17.2 Å². The second kappa shape index (κ2) is 10.8. The average Bonchev–Trinajstić information content (AvgIpc) is 2.66. The van der Waals surface area contributed by atoms with E-state index in [1.165, 1.54) is 25.6 Å². The van der Waals surface area contributed by atoms with E-state index in [1.54, 1.807) is 19.4 Å². The number of nitriles is 1. The lowest BCUT2D eigenvalue weighted by Gasteiger charge is -2.44. The van der Waals surface area contributed by atoms with E-state index in [4.69, 9.17) is 35.8 Å². The standard InChI is InChI=1S/C19H23ClN2O6S/c1-10-18(25-4)17(9-29-13-5-14(20)15(6-21)22-7-13)28-16(8-26-11(2)23)19(10)27-12(3)24/h5,7,10,16-19H,8-9H2,1-4H3/t10?,16?,17-,18?,19+/m0/s1. The number of aromatic nitrogens is 1. The summed E-state index contributed by atoms with van der Waals surface area (Å²) in [6.07, 6.45) is -0.355. The fourth-order valence-corrected chi connectivity index (χ4v) is 4.44. The summed E-state index contributed by atoms with van der Waals surface area (Å²) < 4.78 is 22.3. The first-order chi connectivity index (χ1) is 13.8. The van der Waals surface area contributed by atoms with Gasteiger partial charge in [-0.2, -0.15) is 5.26 Å². The molecule has 0 N–H and O–H groups in total. The number of nitrogens with zero attached hydrogens (tertiary/aromatic N) is 2. The quantitative estimate of drug-likeness (QED) is 0.465. The highest BCUT2D eigenvalue weighted by Crippen LogP contribution is 2.34. The summed E-state index contributed by atoms with van der Waals surface area (Å²) in [4.78, 5) is 27.6. The van der Waals surface area contributed by atoms with Gasteiger partial charge >= 0.3 is 11.9 Å². The Bertz CT molecular complexity index is 786. The van der Waals surface area contributed by atoms with E-state index in [9.17, 15) is 9.59 Å². The molecule has 3 unspecified atom stereocenters.